The standard InChI is InChI=1S/C21H34N4O2.HI/c1-2-10-24(9-1)15-19-6-11-25(16-19)21(23-14-18-7-13-26-17-18)22-8-5-20-4-3-12-27-20;/h3-4,12,18-19H,1-2,5-11,13-17H2,(H,22,23);1H. The number of nitrogens with one attached hydrogen (secondary N) is 1. The van der Waals surface area contributed by atoms with Crippen LogP contribution in [0.4, 0.5) is 0 Å². The summed E-state index contributed by atoms with van der Waals surface area (Å²) in [5.74, 6) is 3.46. The monoisotopic (exact) mass is 502 g/mol. The number of furan rings is 1. The predicted molar refractivity (Wildman–Crippen MR) is 122 cm³/mol. The zero-order valence-electron chi connectivity index (χ0n) is 16.9. The fraction of sp³-hybridized carbons (Fsp3) is 0.762. The Balaban J connectivity index is 0.00000225. The second kappa shape index (κ2) is 11.4. The lowest BCUT2D eigenvalue weighted by atomic mass is 10.1. The Morgan fingerprint density at radius 3 is 2.82 bits per heavy atom. The second-order valence-corrected chi connectivity index (χ2v) is 8.26. The highest BCUT2D eigenvalue weighted by atomic mass is 127. The van der Waals surface area contributed by atoms with E-state index in [9.17, 15) is 0 Å². The first-order chi connectivity index (χ1) is 13.4. The van der Waals surface area contributed by atoms with Crippen molar-refractivity contribution in [2.24, 2.45) is 16.8 Å². The van der Waals surface area contributed by atoms with E-state index in [2.05, 4.69) is 15.1 Å². The summed E-state index contributed by atoms with van der Waals surface area (Å²) >= 11 is 0. The molecule has 3 aliphatic rings. The number of rotatable bonds is 7. The molecule has 0 spiro atoms. The van der Waals surface area contributed by atoms with Crippen molar-refractivity contribution in [1.82, 2.24) is 15.1 Å². The molecule has 1 aromatic rings. The summed E-state index contributed by atoms with van der Waals surface area (Å²) < 4.78 is 11.0. The highest BCUT2D eigenvalue weighted by molar-refractivity contribution is 14.0. The van der Waals surface area contributed by atoms with Gasteiger partial charge in [-0.2, -0.15) is 0 Å². The fourth-order valence-electron chi connectivity index (χ4n) is 4.47. The lowest BCUT2D eigenvalue weighted by molar-refractivity contribution is 0.187. The van der Waals surface area contributed by atoms with Crippen LogP contribution in [0.1, 0.15) is 31.4 Å². The average molecular weight is 502 g/mol. The van der Waals surface area contributed by atoms with E-state index in [1.807, 2.05) is 12.1 Å². The average Bonchev–Trinajstić information content (AvgIpc) is 3.47. The van der Waals surface area contributed by atoms with Crippen molar-refractivity contribution in [1.29, 1.82) is 0 Å². The quantitative estimate of drug-likeness (QED) is 0.353. The molecule has 1 N–H and O–H groups in total. The van der Waals surface area contributed by atoms with Crippen molar-refractivity contribution in [2.45, 2.75) is 32.1 Å². The van der Waals surface area contributed by atoms with Crippen LogP contribution in [0.25, 0.3) is 0 Å². The van der Waals surface area contributed by atoms with Gasteiger partial charge >= 0.3 is 0 Å². The highest BCUT2D eigenvalue weighted by Crippen LogP contribution is 2.20. The smallest absolute Gasteiger partial charge is 0.193 e. The number of aliphatic imine (C=N–C) groups is 1. The van der Waals surface area contributed by atoms with Gasteiger partial charge in [-0.25, -0.2) is 0 Å². The first-order valence-corrected chi connectivity index (χ1v) is 10.7. The van der Waals surface area contributed by atoms with Crippen LogP contribution in [0.15, 0.2) is 27.8 Å². The lowest BCUT2D eigenvalue weighted by Gasteiger charge is -2.24. The van der Waals surface area contributed by atoms with Gasteiger partial charge in [-0.3, -0.25) is 4.99 Å². The lowest BCUT2D eigenvalue weighted by Crippen LogP contribution is -2.42. The van der Waals surface area contributed by atoms with Crippen LogP contribution in [0.2, 0.25) is 0 Å². The topological polar surface area (TPSA) is 53.2 Å². The molecule has 7 heteroatoms. The van der Waals surface area contributed by atoms with Gasteiger partial charge in [0.25, 0.3) is 0 Å². The molecule has 6 nitrogen and oxygen atoms in total. The van der Waals surface area contributed by atoms with E-state index < -0.39 is 0 Å². The Kier molecular flexibility index (Phi) is 8.92. The molecule has 4 heterocycles. The van der Waals surface area contributed by atoms with Crippen molar-refractivity contribution in [3.8, 4) is 0 Å². The molecule has 3 saturated heterocycles. The van der Waals surface area contributed by atoms with Gasteiger partial charge in [0.15, 0.2) is 5.96 Å². The summed E-state index contributed by atoms with van der Waals surface area (Å²) in [6, 6.07) is 3.99. The molecule has 158 valence electrons. The molecule has 3 aliphatic heterocycles. The Labute approximate surface area is 186 Å². The summed E-state index contributed by atoms with van der Waals surface area (Å²) in [4.78, 5) is 10.1. The molecule has 0 aromatic carbocycles. The Hall–Kier alpha value is -0.800. The maximum atomic E-state index is 5.52. The number of nitrogens with zero attached hydrogens (tertiary/aromatic N) is 3. The van der Waals surface area contributed by atoms with E-state index in [-0.39, 0.29) is 24.0 Å². The van der Waals surface area contributed by atoms with Gasteiger partial charge in [0.2, 0.25) is 0 Å². The molecule has 0 aliphatic carbocycles. The molecule has 4 rings (SSSR count). The summed E-state index contributed by atoms with van der Waals surface area (Å²) in [7, 11) is 0. The van der Waals surface area contributed by atoms with E-state index >= 15 is 0 Å². The number of hydrogen-bond donors (Lipinski definition) is 1. The number of guanidine groups is 1. The molecule has 0 amide bonds. The van der Waals surface area contributed by atoms with E-state index in [1.165, 1.54) is 38.9 Å². The summed E-state index contributed by atoms with van der Waals surface area (Å²) in [6.45, 7) is 9.57. The number of likely N-dealkylation sites (tertiary alicyclic amines) is 2. The molecule has 1 aromatic heterocycles. The molecule has 0 saturated carbocycles. The molecule has 2 atom stereocenters. The van der Waals surface area contributed by atoms with Gasteiger partial charge in [-0.1, -0.05) is 0 Å². The van der Waals surface area contributed by atoms with E-state index in [4.69, 9.17) is 14.1 Å². The summed E-state index contributed by atoms with van der Waals surface area (Å²) in [5, 5.41) is 3.60. The van der Waals surface area contributed by atoms with E-state index in [0.717, 1.165) is 69.9 Å². The minimum atomic E-state index is 0. The van der Waals surface area contributed by atoms with Crippen molar-refractivity contribution < 1.29 is 9.15 Å². The first-order valence-electron chi connectivity index (χ1n) is 10.7. The highest BCUT2D eigenvalue weighted by Gasteiger charge is 2.27. The van der Waals surface area contributed by atoms with Gasteiger partial charge < -0.3 is 24.3 Å². The summed E-state index contributed by atoms with van der Waals surface area (Å²) in [5.41, 5.74) is 0. The summed E-state index contributed by atoms with van der Waals surface area (Å²) in [6.07, 6.45) is 7.81. The third kappa shape index (κ3) is 6.35. The van der Waals surface area contributed by atoms with Crippen molar-refractivity contribution in [2.75, 3.05) is 59.0 Å². The zero-order valence-corrected chi connectivity index (χ0v) is 19.2. The van der Waals surface area contributed by atoms with Crippen LogP contribution in [0, 0.1) is 11.8 Å². The van der Waals surface area contributed by atoms with Gasteiger partial charge in [0.05, 0.1) is 12.9 Å². The third-order valence-corrected chi connectivity index (χ3v) is 6.06. The largest absolute Gasteiger partial charge is 0.469 e. The second-order valence-electron chi connectivity index (χ2n) is 8.26. The first kappa shape index (κ1) is 21.9. The SMILES string of the molecule is I.c1coc(CCNC(=NCC2CCOC2)N2CCC(CN3CCCC3)C2)c1. The molecular formula is C21H35IN4O2. The normalized spacial score (nSPS) is 26.0. The number of halogens is 1. The Bertz CT molecular complexity index is 583. The van der Waals surface area contributed by atoms with Crippen molar-refractivity contribution in [3.05, 3.63) is 24.2 Å². The molecule has 2 unspecified atom stereocenters. The van der Waals surface area contributed by atoms with Crippen LogP contribution in [-0.2, 0) is 11.2 Å². The maximum absolute atomic E-state index is 5.52. The third-order valence-electron chi connectivity index (χ3n) is 6.06. The molecular weight excluding hydrogens is 467 g/mol. The van der Waals surface area contributed by atoms with Crippen LogP contribution in [0.5, 0.6) is 0 Å². The minimum absolute atomic E-state index is 0. The molecule has 28 heavy (non-hydrogen) atoms. The van der Waals surface area contributed by atoms with Crippen LogP contribution >= 0.6 is 24.0 Å². The van der Waals surface area contributed by atoms with Crippen LogP contribution in [-0.4, -0.2) is 74.8 Å². The number of ether oxygens (including phenoxy) is 1. The number of hydrogen-bond acceptors (Lipinski definition) is 4. The van der Waals surface area contributed by atoms with Gasteiger partial charge in [-0.15, -0.1) is 24.0 Å². The minimum Gasteiger partial charge on any atom is -0.469 e. The molecule has 0 radical (unpaired) electrons. The van der Waals surface area contributed by atoms with E-state index in [0.29, 0.717) is 5.92 Å². The maximum Gasteiger partial charge on any atom is 0.193 e. The Morgan fingerprint density at radius 2 is 2.07 bits per heavy atom. The van der Waals surface area contributed by atoms with Gasteiger partial charge in [0, 0.05) is 51.7 Å². The molecule has 3 fully saturated rings. The fourth-order valence-corrected chi connectivity index (χ4v) is 4.47. The molecule has 0 bridgehead atoms. The van der Waals surface area contributed by atoms with Gasteiger partial charge in [-0.05, 0) is 56.8 Å². The van der Waals surface area contributed by atoms with Crippen LogP contribution in [0.3, 0.4) is 0 Å². The predicted octanol–water partition coefficient (Wildman–Crippen LogP) is 2.84. The Morgan fingerprint density at radius 1 is 1.18 bits per heavy atom. The van der Waals surface area contributed by atoms with Crippen molar-refractivity contribution in [3.63, 3.8) is 0 Å². The van der Waals surface area contributed by atoms with Crippen molar-refractivity contribution >= 4 is 29.9 Å². The van der Waals surface area contributed by atoms with E-state index in [1.54, 1.807) is 6.26 Å². The van der Waals surface area contributed by atoms with Crippen LogP contribution < -0.4 is 5.32 Å². The zero-order chi connectivity index (χ0) is 18.3. The van der Waals surface area contributed by atoms with Gasteiger partial charge in [0.1, 0.15) is 5.76 Å².